The lowest BCUT2D eigenvalue weighted by atomic mass is 10.1. The summed E-state index contributed by atoms with van der Waals surface area (Å²) in [5.41, 5.74) is 3.00. The van der Waals surface area contributed by atoms with Gasteiger partial charge in [0.1, 0.15) is 0 Å². The molecule has 0 saturated carbocycles. The third-order valence-electron chi connectivity index (χ3n) is 4.75. The molecule has 6 nitrogen and oxygen atoms in total. The normalized spacial score (nSPS) is 14.1. The second-order valence-corrected chi connectivity index (χ2v) is 9.21. The van der Waals surface area contributed by atoms with Crippen LogP contribution in [0.1, 0.15) is 27.0 Å². The van der Waals surface area contributed by atoms with Crippen LogP contribution in [-0.4, -0.2) is 24.9 Å². The van der Waals surface area contributed by atoms with Crippen LogP contribution in [0.3, 0.4) is 0 Å². The van der Waals surface area contributed by atoms with E-state index in [1.165, 1.54) is 7.11 Å². The van der Waals surface area contributed by atoms with Crippen molar-refractivity contribution in [3.05, 3.63) is 96.7 Å². The maximum atomic E-state index is 12.6. The topological polar surface area (TPSA) is 74.2 Å². The molecule has 8 heteroatoms. The quantitative estimate of drug-likeness (QED) is 0.153. The Balaban J connectivity index is 1.61. The average molecular weight is 618 g/mol. The zero-order valence-corrected chi connectivity index (χ0v) is 21.3. The number of cyclic esters (lactones) is 1. The van der Waals surface area contributed by atoms with Gasteiger partial charge in [0.2, 0.25) is 5.90 Å². The van der Waals surface area contributed by atoms with E-state index in [4.69, 9.17) is 14.2 Å². The smallest absolute Gasteiger partial charge is 0.363 e. The van der Waals surface area contributed by atoms with Crippen LogP contribution in [0.4, 0.5) is 0 Å². The van der Waals surface area contributed by atoms with Crippen molar-refractivity contribution in [1.82, 2.24) is 0 Å². The molecule has 1 aliphatic heterocycles. The molecule has 33 heavy (non-hydrogen) atoms. The van der Waals surface area contributed by atoms with Crippen LogP contribution in [0.2, 0.25) is 0 Å². The number of aliphatic imine (C=N–C) groups is 1. The third-order valence-corrected chi connectivity index (χ3v) is 6.08. The average Bonchev–Trinajstić information content (AvgIpc) is 3.16. The molecule has 4 rings (SSSR count). The number of ether oxygens (including phenoxy) is 3. The van der Waals surface area contributed by atoms with Crippen LogP contribution in [0.5, 0.6) is 11.5 Å². The van der Waals surface area contributed by atoms with Crippen LogP contribution >= 0.6 is 38.5 Å². The summed E-state index contributed by atoms with van der Waals surface area (Å²) in [5.74, 6) is -0.127. The van der Waals surface area contributed by atoms with E-state index in [1.54, 1.807) is 30.3 Å². The summed E-state index contributed by atoms with van der Waals surface area (Å²) in [6.45, 7) is 1.94. The van der Waals surface area contributed by atoms with Crippen molar-refractivity contribution < 1.29 is 23.8 Å². The molecule has 1 heterocycles. The molecule has 1 aliphatic rings. The minimum absolute atomic E-state index is 0.162. The number of hydrogen-bond acceptors (Lipinski definition) is 6. The summed E-state index contributed by atoms with van der Waals surface area (Å²) in [5, 5.41) is 0. The third kappa shape index (κ3) is 5.33. The highest BCUT2D eigenvalue weighted by Crippen LogP contribution is 2.35. The first-order valence-electron chi connectivity index (χ1n) is 9.79. The van der Waals surface area contributed by atoms with Gasteiger partial charge in [0.05, 0.1) is 16.2 Å². The van der Waals surface area contributed by atoms with Crippen LogP contribution in [0, 0.1) is 10.5 Å². The first kappa shape index (κ1) is 23.2. The minimum Gasteiger partial charge on any atom is -0.493 e. The van der Waals surface area contributed by atoms with Gasteiger partial charge in [-0.15, -0.1) is 0 Å². The number of benzene rings is 3. The van der Waals surface area contributed by atoms with Gasteiger partial charge in [-0.05, 0) is 89.7 Å². The predicted octanol–water partition coefficient (Wildman–Crippen LogP) is 5.93. The van der Waals surface area contributed by atoms with Crippen LogP contribution in [-0.2, 0) is 9.53 Å². The van der Waals surface area contributed by atoms with Gasteiger partial charge in [0.15, 0.2) is 17.2 Å². The Morgan fingerprint density at radius 1 is 1.09 bits per heavy atom. The van der Waals surface area contributed by atoms with Crippen molar-refractivity contribution in [1.29, 1.82) is 0 Å². The Morgan fingerprint density at radius 3 is 2.45 bits per heavy atom. The van der Waals surface area contributed by atoms with Gasteiger partial charge < -0.3 is 14.2 Å². The summed E-state index contributed by atoms with van der Waals surface area (Å²) < 4.78 is 17.9. The van der Waals surface area contributed by atoms with E-state index >= 15 is 0 Å². The molecule has 3 aromatic carbocycles. The van der Waals surface area contributed by atoms with Gasteiger partial charge >= 0.3 is 11.9 Å². The maximum absolute atomic E-state index is 12.6. The van der Waals surface area contributed by atoms with Gasteiger partial charge in [0, 0.05) is 10.0 Å². The lowest BCUT2D eigenvalue weighted by Crippen LogP contribution is -2.10. The van der Waals surface area contributed by atoms with Crippen molar-refractivity contribution in [3.8, 4) is 11.5 Å². The van der Waals surface area contributed by atoms with Gasteiger partial charge in [-0.2, -0.15) is 0 Å². The van der Waals surface area contributed by atoms with Gasteiger partial charge in [-0.3, -0.25) is 0 Å². The number of hydrogen-bond donors (Lipinski definition) is 0. The summed E-state index contributed by atoms with van der Waals surface area (Å²) in [6, 6.07) is 17.9. The Labute approximate surface area is 212 Å². The van der Waals surface area contributed by atoms with Crippen molar-refractivity contribution >= 4 is 62.4 Å². The van der Waals surface area contributed by atoms with Crippen LogP contribution < -0.4 is 9.47 Å². The summed E-state index contributed by atoms with van der Waals surface area (Å²) in [7, 11) is 1.49. The fourth-order valence-corrected chi connectivity index (χ4v) is 4.05. The fourth-order valence-electron chi connectivity index (χ4n) is 3.05. The van der Waals surface area contributed by atoms with E-state index in [2.05, 4.69) is 43.5 Å². The van der Waals surface area contributed by atoms with E-state index in [0.717, 1.165) is 10.0 Å². The molecule has 0 fully saturated rings. The highest BCUT2D eigenvalue weighted by Gasteiger charge is 2.25. The van der Waals surface area contributed by atoms with Crippen molar-refractivity contribution in [2.75, 3.05) is 7.11 Å². The molecule has 166 valence electrons. The fraction of sp³-hybridized carbons (Fsp3) is 0.0800. The predicted molar refractivity (Wildman–Crippen MR) is 137 cm³/mol. The van der Waals surface area contributed by atoms with E-state index < -0.39 is 11.9 Å². The highest BCUT2D eigenvalue weighted by molar-refractivity contribution is 14.1. The zero-order chi connectivity index (χ0) is 23.5. The number of aryl methyl sites for hydroxylation is 1. The molecule has 3 aromatic rings. The molecule has 0 bridgehead atoms. The van der Waals surface area contributed by atoms with Crippen molar-refractivity contribution in [2.45, 2.75) is 6.92 Å². The lowest BCUT2D eigenvalue weighted by molar-refractivity contribution is -0.129. The molecule has 0 atom stereocenters. The molecule has 0 radical (unpaired) electrons. The van der Waals surface area contributed by atoms with Crippen LogP contribution in [0.25, 0.3) is 6.08 Å². The second kappa shape index (κ2) is 9.88. The minimum atomic E-state index is -0.545. The molecule has 0 unspecified atom stereocenters. The van der Waals surface area contributed by atoms with Gasteiger partial charge in [-0.1, -0.05) is 33.6 Å². The molecule has 0 aromatic heterocycles. The van der Waals surface area contributed by atoms with Gasteiger partial charge in [-0.25, -0.2) is 14.6 Å². The maximum Gasteiger partial charge on any atom is 0.363 e. The Kier molecular flexibility index (Phi) is 6.94. The second-order valence-electron chi connectivity index (χ2n) is 7.13. The Bertz CT molecular complexity index is 1300. The number of carbonyl (C=O) groups excluding carboxylic acids is 2. The molecule has 0 spiro atoms. The van der Waals surface area contributed by atoms with E-state index in [0.29, 0.717) is 31.8 Å². The zero-order valence-electron chi connectivity index (χ0n) is 17.6. The SMILES string of the molecule is COc1cc(/C=C2\N=C(c3ccc(Br)cc3)OC2=O)cc(I)c1OC(=O)c1ccc(C)cc1. The first-order valence-corrected chi connectivity index (χ1v) is 11.7. The van der Waals surface area contributed by atoms with Crippen molar-refractivity contribution in [2.24, 2.45) is 4.99 Å². The Morgan fingerprint density at radius 2 is 1.79 bits per heavy atom. The van der Waals surface area contributed by atoms with Gasteiger partial charge in [0.25, 0.3) is 0 Å². The molecule has 0 N–H and O–H groups in total. The molecular weight excluding hydrogens is 601 g/mol. The number of rotatable bonds is 5. The number of methoxy groups -OCH3 is 1. The monoisotopic (exact) mass is 617 g/mol. The number of esters is 2. The number of halogens is 2. The first-order chi connectivity index (χ1) is 15.8. The number of carbonyl (C=O) groups is 2. The highest BCUT2D eigenvalue weighted by atomic mass is 127. The molecule has 0 aliphatic carbocycles. The van der Waals surface area contributed by atoms with Crippen LogP contribution in [0.15, 0.2) is 75.8 Å². The Hall–Kier alpha value is -2.98. The molecule has 0 saturated heterocycles. The lowest BCUT2D eigenvalue weighted by Gasteiger charge is -2.12. The van der Waals surface area contributed by atoms with E-state index in [9.17, 15) is 9.59 Å². The summed E-state index contributed by atoms with van der Waals surface area (Å²) in [4.78, 5) is 29.2. The largest absolute Gasteiger partial charge is 0.493 e. The number of nitrogens with zero attached hydrogens (tertiary/aromatic N) is 1. The van der Waals surface area contributed by atoms with E-state index in [1.807, 2.05) is 43.3 Å². The standard InChI is InChI=1S/C25H17BrINO5/c1-14-3-5-17(6-4-14)24(29)32-22-19(27)11-15(13-21(22)31-2)12-20-25(30)33-23(28-20)16-7-9-18(26)10-8-16/h3-13H,1-2H3/b20-12-. The summed E-state index contributed by atoms with van der Waals surface area (Å²) >= 11 is 5.43. The molecular formula is C25H17BrINO5. The molecule has 0 amide bonds. The summed E-state index contributed by atoms with van der Waals surface area (Å²) in [6.07, 6.45) is 1.60. The van der Waals surface area contributed by atoms with Crippen molar-refractivity contribution in [3.63, 3.8) is 0 Å². The van der Waals surface area contributed by atoms with E-state index in [-0.39, 0.29) is 11.6 Å².